The molecule has 0 unspecified atom stereocenters. The summed E-state index contributed by atoms with van der Waals surface area (Å²) in [6.45, 7) is 4.24. The minimum Gasteiger partial charge on any atom is -0.324 e. The average molecular weight is 477 g/mol. The van der Waals surface area contributed by atoms with Crippen molar-refractivity contribution in [2.75, 3.05) is 25.0 Å². The molecule has 2 heterocycles. The SMILES string of the molecule is Cc1ccc(NC(=O)CN2C(=O)N[C@@]3(CCCC[C@@H]3C)C2=O)cc1S(=O)(=O)N1CCCCC1. The van der Waals surface area contributed by atoms with Crippen molar-refractivity contribution in [2.24, 2.45) is 5.92 Å². The molecule has 1 spiro atoms. The molecule has 2 saturated heterocycles. The molecule has 2 atom stereocenters. The van der Waals surface area contributed by atoms with E-state index in [-0.39, 0.29) is 16.7 Å². The van der Waals surface area contributed by atoms with Crippen LogP contribution in [0.15, 0.2) is 23.1 Å². The van der Waals surface area contributed by atoms with E-state index in [0.29, 0.717) is 30.8 Å². The fraction of sp³-hybridized carbons (Fsp3) is 0.609. The lowest BCUT2D eigenvalue weighted by atomic mass is 9.73. The summed E-state index contributed by atoms with van der Waals surface area (Å²) in [7, 11) is -3.66. The molecule has 9 nitrogen and oxygen atoms in total. The number of urea groups is 1. The van der Waals surface area contributed by atoms with E-state index in [1.165, 1.54) is 10.4 Å². The predicted molar refractivity (Wildman–Crippen MR) is 123 cm³/mol. The van der Waals surface area contributed by atoms with Crippen LogP contribution in [0, 0.1) is 12.8 Å². The number of imide groups is 1. The number of benzene rings is 1. The molecule has 10 heteroatoms. The highest BCUT2D eigenvalue weighted by molar-refractivity contribution is 7.89. The summed E-state index contributed by atoms with van der Waals surface area (Å²) >= 11 is 0. The minimum absolute atomic E-state index is 0.00964. The van der Waals surface area contributed by atoms with E-state index in [9.17, 15) is 22.8 Å². The van der Waals surface area contributed by atoms with Crippen molar-refractivity contribution in [2.45, 2.75) is 69.2 Å². The van der Waals surface area contributed by atoms with E-state index in [1.807, 2.05) is 6.92 Å². The number of nitrogens with zero attached hydrogens (tertiary/aromatic N) is 2. The first-order chi connectivity index (χ1) is 15.6. The minimum atomic E-state index is -3.66. The van der Waals surface area contributed by atoms with Crippen molar-refractivity contribution in [3.8, 4) is 0 Å². The Morgan fingerprint density at radius 2 is 1.88 bits per heavy atom. The molecule has 1 aliphatic carbocycles. The smallest absolute Gasteiger partial charge is 0.324 e. The number of amides is 4. The monoisotopic (exact) mass is 476 g/mol. The highest BCUT2D eigenvalue weighted by Crippen LogP contribution is 2.38. The second kappa shape index (κ2) is 9.06. The fourth-order valence-electron chi connectivity index (χ4n) is 5.18. The number of sulfonamides is 1. The van der Waals surface area contributed by atoms with Gasteiger partial charge in [0.2, 0.25) is 15.9 Å². The normalized spacial score (nSPS) is 26.5. The van der Waals surface area contributed by atoms with Gasteiger partial charge in [0.1, 0.15) is 12.1 Å². The first kappa shape index (κ1) is 23.7. The van der Waals surface area contributed by atoms with Crippen molar-refractivity contribution in [1.82, 2.24) is 14.5 Å². The zero-order chi connectivity index (χ0) is 23.8. The molecule has 0 aromatic heterocycles. The molecule has 33 heavy (non-hydrogen) atoms. The Hall–Kier alpha value is -2.46. The topological polar surface area (TPSA) is 116 Å². The van der Waals surface area contributed by atoms with Crippen LogP contribution in [0.4, 0.5) is 10.5 Å². The quantitative estimate of drug-likeness (QED) is 0.634. The average Bonchev–Trinajstić information content (AvgIpc) is 3.02. The van der Waals surface area contributed by atoms with Crippen LogP contribution in [0.3, 0.4) is 0 Å². The third kappa shape index (κ3) is 4.38. The van der Waals surface area contributed by atoms with Crippen LogP contribution in [0.25, 0.3) is 0 Å². The number of carbonyl (C=O) groups excluding carboxylic acids is 3. The highest BCUT2D eigenvalue weighted by Gasteiger charge is 2.55. The van der Waals surface area contributed by atoms with E-state index < -0.39 is 34.0 Å². The van der Waals surface area contributed by atoms with Crippen LogP contribution in [0.2, 0.25) is 0 Å². The number of rotatable bonds is 5. The Labute approximate surface area is 194 Å². The molecule has 180 valence electrons. The summed E-state index contributed by atoms with van der Waals surface area (Å²) in [4.78, 5) is 39.4. The van der Waals surface area contributed by atoms with Crippen molar-refractivity contribution < 1.29 is 22.8 Å². The third-order valence-electron chi connectivity index (χ3n) is 7.21. The lowest BCUT2D eigenvalue weighted by Gasteiger charge is -2.36. The summed E-state index contributed by atoms with van der Waals surface area (Å²) in [6, 6.07) is 4.17. The van der Waals surface area contributed by atoms with Gasteiger partial charge in [0.25, 0.3) is 5.91 Å². The van der Waals surface area contributed by atoms with E-state index in [4.69, 9.17) is 0 Å². The second-order valence-corrected chi connectivity index (χ2v) is 11.3. The van der Waals surface area contributed by atoms with Gasteiger partial charge in [-0.2, -0.15) is 4.31 Å². The lowest BCUT2D eigenvalue weighted by Crippen LogP contribution is -2.54. The maximum Gasteiger partial charge on any atom is 0.325 e. The van der Waals surface area contributed by atoms with Crippen LogP contribution in [-0.4, -0.2) is 60.6 Å². The summed E-state index contributed by atoms with van der Waals surface area (Å²) < 4.78 is 27.7. The molecule has 3 aliphatic rings. The van der Waals surface area contributed by atoms with Gasteiger partial charge in [-0.05, 0) is 56.2 Å². The van der Waals surface area contributed by atoms with Crippen LogP contribution in [-0.2, 0) is 19.6 Å². The number of hydrogen-bond donors (Lipinski definition) is 2. The maximum absolute atomic E-state index is 13.1. The number of carbonyl (C=O) groups is 3. The molecular formula is C23H32N4O5S. The fourth-order valence-corrected chi connectivity index (χ4v) is 6.95. The van der Waals surface area contributed by atoms with Gasteiger partial charge in [0, 0.05) is 18.8 Å². The maximum atomic E-state index is 13.1. The first-order valence-corrected chi connectivity index (χ1v) is 13.1. The Morgan fingerprint density at radius 1 is 1.15 bits per heavy atom. The standard InChI is InChI=1S/C23H32N4O5S/c1-16-9-10-18(14-19(16)33(31,32)26-12-6-3-7-13-26)24-20(28)15-27-21(29)23(25-22(27)30)11-5-4-8-17(23)2/h9-10,14,17H,3-8,11-13,15H2,1-2H3,(H,24,28)(H,25,30)/t17-,23+/m0/s1. The largest absolute Gasteiger partial charge is 0.325 e. The Balaban J connectivity index is 1.47. The van der Waals surface area contributed by atoms with Crippen molar-refractivity contribution >= 4 is 33.6 Å². The van der Waals surface area contributed by atoms with Crippen molar-refractivity contribution in [3.63, 3.8) is 0 Å². The number of nitrogens with one attached hydrogen (secondary N) is 2. The summed E-state index contributed by atoms with van der Waals surface area (Å²) in [5.41, 5.74) is -0.00953. The second-order valence-electron chi connectivity index (χ2n) is 9.43. The highest BCUT2D eigenvalue weighted by atomic mass is 32.2. The molecule has 4 rings (SSSR count). The van der Waals surface area contributed by atoms with E-state index in [2.05, 4.69) is 10.6 Å². The molecule has 2 aliphatic heterocycles. The van der Waals surface area contributed by atoms with Gasteiger partial charge >= 0.3 is 6.03 Å². The van der Waals surface area contributed by atoms with Gasteiger partial charge in [-0.25, -0.2) is 13.2 Å². The van der Waals surface area contributed by atoms with E-state index >= 15 is 0 Å². The zero-order valence-electron chi connectivity index (χ0n) is 19.2. The van der Waals surface area contributed by atoms with E-state index in [1.54, 1.807) is 19.1 Å². The van der Waals surface area contributed by atoms with Crippen LogP contribution < -0.4 is 10.6 Å². The zero-order valence-corrected chi connectivity index (χ0v) is 20.0. The van der Waals surface area contributed by atoms with Gasteiger partial charge in [-0.1, -0.05) is 32.3 Å². The molecule has 2 N–H and O–H groups in total. The van der Waals surface area contributed by atoms with Gasteiger partial charge in [0.15, 0.2) is 0 Å². The van der Waals surface area contributed by atoms with Gasteiger partial charge < -0.3 is 10.6 Å². The van der Waals surface area contributed by atoms with Gasteiger partial charge in [0.05, 0.1) is 4.90 Å². The van der Waals surface area contributed by atoms with Crippen LogP contribution in [0.1, 0.15) is 57.4 Å². The van der Waals surface area contributed by atoms with Gasteiger partial charge in [-0.3, -0.25) is 14.5 Å². The van der Waals surface area contributed by atoms with Crippen molar-refractivity contribution in [3.05, 3.63) is 23.8 Å². The summed E-state index contributed by atoms with van der Waals surface area (Å²) in [6.07, 6.45) is 5.98. The van der Waals surface area contributed by atoms with Crippen molar-refractivity contribution in [1.29, 1.82) is 0 Å². The molecule has 0 radical (unpaired) electrons. The predicted octanol–water partition coefficient (Wildman–Crippen LogP) is 2.61. The summed E-state index contributed by atoms with van der Waals surface area (Å²) in [5, 5.41) is 5.49. The number of hydrogen-bond acceptors (Lipinski definition) is 5. The molecular weight excluding hydrogens is 444 g/mol. The van der Waals surface area contributed by atoms with Gasteiger partial charge in [-0.15, -0.1) is 0 Å². The molecule has 1 saturated carbocycles. The summed E-state index contributed by atoms with van der Waals surface area (Å²) in [5.74, 6) is -0.897. The van der Waals surface area contributed by atoms with Crippen LogP contribution in [0.5, 0.6) is 0 Å². The van der Waals surface area contributed by atoms with Crippen LogP contribution >= 0.6 is 0 Å². The lowest BCUT2D eigenvalue weighted by molar-refractivity contribution is -0.136. The molecule has 1 aromatic carbocycles. The number of piperidine rings is 1. The Bertz CT molecular complexity index is 1070. The molecule has 1 aromatic rings. The Morgan fingerprint density at radius 3 is 2.58 bits per heavy atom. The third-order valence-corrected chi connectivity index (χ3v) is 9.25. The van der Waals surface area contributed by atoms with E-state index in [0.717, 1.165) is 43.4 Å². The number of anilines is 1. The molecule has 4 amide bonds. The Kier molecular flexibility index (Phi) is 6.50. The molecule has 3 fully saturated rings. The number of aryl methyl sites for hydroxylation is 1. The molecule has 0 bridgehead atoms. The first-order valence-electron chi connectivity index (χ1n) is 11.7.